The number of carbonyl (C=O) groups excluding carboxylic acids is 1. The van der Waals surface area contributed by atoms with Gasteiger partial charge in [0.25, 0.3) is 5.91 Å². The van der Waals surface area contributed by atoms with Crippen molar-refractivity contribution in [2.24, 2.45) is 0 Å². The molecule has 0 spiro atoms. The molecule has 0 bridgehead atoms. The number of rotatable bonds is 6. The van der Waals surface area contributed by atoms with Crippen LogP contribution in [0.3, 0.4) is 0 Å². The molecule has 6 nitrogen and oxygen atoms in total. The number of thiazole rings is 1. The van der Waals surface area contributed by atoms with Crippen molar-refractivity contribution in [2.45, 2.75) is 6.42 Å². The first-order valence-corrected chi connectivity index (χ1v) is 10.1. The highest BCUT2D eigenvalue weighted by atomic mass is 35.5. The van der Waals surface area contributed by atoms with E-state index in [2.05, 4.69) is 19.9 Å². The predicted octanol–water partition coefficient (Wildman–Crippen LogP) is 4.40. The molecule has 2 aromatic heterocycles. The summed E-state index contributed by atoms with van der Waals surface area (Å²) in [5.41, 5.74) is 2.18. The minimum absolute atomic E-state index is 0. The van der Waals surface area contributed by atoms with Crippen molar-refractivity contribution in [1.82, 2.24) is 19.9 Å². The minimum atomic E-state index is -0.383. The quantitative estimate of drug-likeness (QED) is 0.440. The zero-order valence-corrected chi connectivity index (χ0v) is 18.2. The Morgan fingerprint density at radius 3 is 2.57 bits per heavy atom. The summed E-state index contributed by atoms with van der Waals surface area (Å²) in [6.45, 7) is 1.31. The van der Waals surface area contributed by atoms with E-state index >= 15 is 0 Å². The first-order chi connectivity index (χ1) is 14.0. The monoisotopic (exact) mass is 445 g/mol. The van der Waals surface area contributed by atoms with Gasteiger partial charge in [-0.25, -0.2) is 9.37 Å². The molecule has 0 aliphatic rings. The zero-order chi connectivity index (χ0) is 20.4. The van der Waals surface area contributed by atoms with Gasteiger partial charge in [-0.2, -0.15) is 0 Å². The number of carbonyl (C=O) groups is 1. The van der Waals surface area contributed by atoms with Gasteiger partial charge in [-0.1, -0.05) is 17.4 Å². The van der Waals surface area contributed by atoms with Crippen molar-refractivity contribution in [2.75, 3.05) is 32.1 Å². The highest BCUT2D eigenvalue weighted by Gasteiger charge is 2.22. The summed E-state index contributed by atoms with van der Waals surface area (Å²) in [7, 11) is 3.97. The summed E-state index contributed by atoms with van der Waals surface area (Å²) in [6.07, 6.45) is 3.99. The van der Waals surface area contributed by atoms with Crippen LogP contribution in [-0.2, 0) is 0 Å². The Hall–Kier alpha value is -2.68. The Morgan fingerprint density at radius 1 is 1.07 bits per heavy atom. The van der Waals surface area contributed by atoms with Gasteiger partial charge < -0.3 is 4.90 Å². The van der Waals surface area contributed by atoms with Gasteiger partial charge in [0.1, 0.15) is 11.3 Å². The number of hydrogen-bond acceptors (Lipinski definition) is 6. The number of aromatic nitrogens is 3. The Bertz CT molecular complexity index is 1180. The van der Waals surface area contributed by atoms with Gasteiger partial charge in [0.05, 0.1) is 15.7 Å². The lowest BCUT2D eigenvalue weighted by atomic mass is 10.1. The van der Waals surface area contributed by atoms with Crippen molar-refractivity contribution < 1.29 is 9.18 Å². The fourth-order valence-corrected chi connectivity index (χ4v) is 4.10. The molecule has 0 unspecified atom stereocenters. The fraction of sp³-hybridized carbons (Fsp3) is 0.238. The molecule has 30 heavy (non-hydrogen) atoms. The van der Waals surface area contributed by atoms with Crippen molar-refractivity contribution in [3.8, 4) is 0 Å². The smallest absolute Gasteiger partial charge is 0.260 e. The van der Waals surface area contributed by atoms with Gasteiger partial charge in [0.2, 0.25) is 0 Å². The van der Waals surface area contributed by atoms with Crippen LogP contribution in [0, 0.1) is 5.82 Å². The maximum Gasteiger partial charge on any atom is 0.260 e. The molecule has 4 aromatic rings. The van der Waals surface area contributed by atoms with Crippen molar-refractivity contribution in [1.29, 1.82) is 0 Å². The average Bonchev–Trinajstić information content (AvgIpc) is 3.15. The van der Waals surface area contributed by atoms with E-state index in [9.17, 15) is 9.18 Å². The van der Waals surface area contributed by atoms with Crippen LogP contribution in [0.1, 0.15) is 16.8 Å². The second-order valence-corrected chi connectivity index (χ2v) is 7.97. The first kappa shape index (κ1) is 22.0. The lowest BCUT2D eigenvalue weighted by Crippen LogP contribution is -2.33. The highest BCUT2D eigenvalue weighted by Crippen LogP contribution is 2.31. The molecule has 156 valence electrons. The molecule has 0 atom stereocenters. The van der Waals surface area contributed by atoms with E-state index < -0.39 is 0 Å². The molecular weight excluding hydrogens is 425 g/mol. The van der Waals surface area contributed by atoms with Crippen LogP contribution in [0.15, 0.2) is 48.8 Å². The van der Waals surface area contributed by atoms with Crippen LogP contribution in [0.2, 0.25) is 0 Å². The molecule has 4 rings (SSSR count). The summed E-state index contributed by atoms with van der Waals surface area (Å²) in [4.78, 5) is 30.0. The second-order valence-electron chi connectivity index (χ2n) is 6.96. The lowest BCUT2D eigenvalue weighted by Gasteiger charge is -2.21. The molecule has 2 heterocycles. The van der Waals surface area contributed by atoms with Crippen LogP contribution in [-0.4, -0.2) is 52.9 Å². The predicted molar refractivity (Wildman–Crippen MR) is 121 cm³/mol. The highest BCUT2D eigenvalue weighted by molar-refractivity contribution is 7.22. The SMILES string of the molecule is CN(C)CCCN(C(=O)c1ccc2nccnc2c1)c1nc2c(F)cccc2s1.Cl. The van der Waals surface area contributed by atoms with Gasteiger partial charge in [0, 0.05) is 24.5 Å². The minimum Gasteiger partial charge on any atom is -0.309 e. The van der Waals surface area contributed by atoms with E-state index in [-0.39, 0.29) is 24.1 Å². The van der Waals surface area contributed by atoms with Crippen molar-refractivity contribution in [3.63, 3.8) is 0 Å². The van der Waals surface area contributed by atoms with Crippen molar-refractivity contribution in [3.05, 3.63) is 60.2 Å². The second kappa shape index (κ2) is 9.42. The third kappa shape index (κ3) is 4.56. The molecular formula is C21H21ClFN5OS. The van der Waals surface area contributed by atoms with Gasteiger partial charge >= 0.3 is 0 Å². The third-order valence-electron chi connectivity index (χ3n) is 4.54. The molecule has 2 aromatic carbocycles. The Kier molecular flexibility index (Phi) is 6.91. The average molecular weight is 446 g/mol. The normalized spacial score (nSPS) is 11.1. The van der Waals surface area contributed by atoms with Gasteiger partial charge in [-0.3, -0.25) is 19.7 Å². The lowest BCUT2D eigenvalue weighted by molar-refractivity contribution is 0.0986. The number of hydrogen-bond donors (Lipinski definition) is 0. The molecule has 9 heteroatoms. The van der Waals surface area contributed by atoms with Gasteiger partial charge in [0.15, 0.2) is 5.13 Å². The van der Waals surface area contributed by atoms with Crippen LogP contribution >= 0.6 is 23.7 Å². The van der Waals surface area contributed by atoms with Crippen LogP contribution < -0.4 is 4.90 Å². The number of halogens is 2. The van der Waals surface area contributed by atoms with E-state index in [1.165, 1.54) is 17.4 Å². The fourth-order valence-electron chi connectivity index (χ4n) is 3.10. The van der Waals surface area contributed by atoms with Crippen LogP contribution in [0.4, 0.5) is 9.52 Å². The molecule has 0 aliphatic carbocycles. The van der Waals surface area contributed by atoms with Crippen molar-refractivity contribution >= 4 is 56.0 Å². The molecule has 1 amide bonds. The Morgan fingerprint density at radius 2 is 1.83 bits per heavy atom. The molecule has 0 N–H and O–H groups in total. The van der Waals surface area contributed by atoms with Crippen LogP contribution in [0.25, 0.3) is 21.3 Å². The first-order valence-electron chi connectivity index (χ1n) is 9.25. The Balaban J connectivity index is 0.00000256. The van der Waals surface area contributed by atoms with Gasteiger partial charge in [-0.05, 0) is 57.4 Å². The van der Waals surface area contributed by atoms with E-state index in [4.69, 9.17) is 0 Å². The maximum atomic E-state index is 14.1. The summed E-state index contributed by atoms with van der Waals surface area (Å²) in [6, 6.07) is 10.1. The number of fused-ring (bicyclic) bond motifs is 2. The number of benzene rings is 2. The molecule has 0 saturated carbocycles. The molecule has 0 saturated heterocycles. The number of anilines is 1. The topological polar surface area (TPSA) is 62.2 Å². The number of nitrogens with zero attached hydrogens (tertiary/aromatic N) is 5. The van der Waals surface area contributed by atoms with E-state index in [1.807, 2.05) is 20.2 Å². The zero-order valence-electron chi connectivity index (χ0n) is 16.6. The summed E-state index contributed by atoms with van der Waals surface area (Å²) < 4.78 is 14.9. The maximum absolute atomic E-state index is 14.1. The standard InChI is InChI=1S/C21H20FN5OS.ClH/c1-26(2)11-4-12-27(21-25-19-15(22)5-3-6-18(19)29-21)20(28)14-7-8-16-17(13-14)24-10-9-23-16;/h3,5-10,13H,4,11-12H2,1-2H3;1H. The largest absolute Gasteiger partial charge is 0.309 e. The third-order valence-corrected chi connectivity index (χ3v) is 5.58. The van der Waals surface area contributed by atoms with E-state index in [0.717, 1.165) is 23.2 Å². The van der Waals surface area contributed by atoms with E-state index in [0.29, 0.717) is 28.3 Å². The molecule has 0 aliphatic heterocycles. The number of para-hydroxylation sites is 1. The van der Waals surface area contributed by atoms with E-state index in [1.54, 1.807) is 41.6 Å². The van der Waals surface area contributed by atoms with Gasteiger partial charge in [-0.15, -0.1) is 12.4 Å². The summed E-state index contributed by atoms with van der Waals surface area (Å²) in [5, 5.41) is 0.494. The molecule has 0 radical (unpaired) electrons. The molecule has 0 fully saturated rings. The summed E-state index contributed by atoms with van der Waals surface area (Å²) >= 11 is 1.32. The van der Waals surface area contributed by atoms with Crippen LogP contribution in [0.5, 0.6) is 0 Å². The summed E-state index contributed by atoms with van der Waals surface area (Å²) in [5.74, 6) is -0.567. The Labute approximate surface area is 183 Å². The number of amides is 1.